The lowest BCUT2D eigenvalue weighted by Gasteiger charge is -2.21. The molecule has 0 unspecified atom stereocenters. The van der Waals surface area contributed by atoms with Crippen molar-refractivity contribution in [3.8, 4) is 0 Å². The lowest BCUT2D eigenvalue weighted by Crippen LogP contribution is -2.40. The van der Waals surface area contributed by atoms with Crippen LogP contribution in [0.2, 0.25) is 0 Å². The summed E-state index contributed by atoms with van der Waals surface area (Å²) in [6, 6.07) is 4.83. The highest BCUT2D eigenvalue weighted by Gasteiger charge is 2.44. The monoisotopic (exact) mass is 320 g/mol. The zero-order chi connectivity index (χ0) is 16.6. The average Bonchev–Trinajstić information content (AvgIpc) is 3.12. The van der Waals surface area contributed by atoms with Crippen LogP contribution in [-0.4, -0.2) is 47.7 Å². The van der Waals surface area contributed by atoms with Gasteiger partial charge in [0.25, 0.3) is 0 Å². The Morgan fingerprint density at radius 1 is 1.43 bits per heavy atom. The number of hydrogen-bond acceptors (Lipinski definition) is 3. The third-order valence-electron chi connectivity index (χ3n) is 5.13. The molecule has 3 rings (SSSR count). The van der Waals surface area contributed by atoms with Crippen molar-refractivity contribution in [3.63, 3.8) is 0 Å². The maximum absolute atomic E-state index is 13.2. The number of aliphatic hydroxyl groups excluding tert-OH is 1. The van der Waals surface area contributed by atoms with E-state index in [1.165, 1.54) is 12.1 Å². The van der Waals surface area contributed by atoms with Gasteiger partial charge in [-0.25, -0.2) is 4.39 Å². The van der Waals surface area contributed by atoms with Crippen molar-refractivity contribution in [1.82, 2.24) is 10.2 Å². The minimum absolute atomic E-state index is 0.0154. The van der Waals surface area contributed by atoms with Crippen LogP contribution in [0.25, 0.3) is 0 Å². The summed E-state index contributed by atoms with van der Waals surface area (Å²) in [7, 11) is 1.96. The third kappa shape index (κ3) is 3.90. The Labute approximate surface area is 136 Å². The van der Waals surface area contributed by atoms with E-state index >= 15 is 0 Å². The maximum Gasteiger partial charge on any atom is 0.220 e. The molecule has 1 aromatic rings. The lowest BCUT2D eigenvalue weighted by atomic mass is 9.98. The number of hydrogen-bond donors (Lipinski definition) is 2. The van der Waals surface area contributed by atoms with Crippen LogP contribution in [0.3, 0.4) is 0 Å². The van der Waals surface area contributed by atoms with Crippen molar-refractivity contribution < 1.29 is 14.3 Å². The van der Waals surface area contributed by atoms with Crippen LogP contribution in [0.15, 0.2) is 18.2 Å². The molecule has 0 bridgehead atoms. The van der Waals surface area contributed by atoms with Gasteiger partial charge in [-0.15, -0.1) is 0 Å². The van der Waals surface area contributed by atoms with Gasteiger partial charge in [0.15, 0.2) is 0 Å². The number of amides is 1. The van der Waals surface area contributed by atoms with Gasteiger partial charge < -0.3 is 15.3 Å². The normalized spacial score (nSPS) is 26.3. The van der Waals surface area contributed by atoms with Gasteiger partial charge in [0.1, 0.15) is 5.82 Å². The SMILES string of the molecule is Cc1cc(F)ccc1CC1(NC(=O)C[C@@H]2CN(C)C[C@H]2O)CC1. The molecule has 23 heavy (non-hydrogen) atoms. The van der Waals surface area contributed by atoms with Crippen LogP contribution >= 0.6 is 0 Å². The Bertz CT molecular complexity index is 601. The lowest BCUT2D eigenvalue weighted by molar-refractivity contribution is -0.123. The fourth-order valence-corrected chi connectivity index (χ4v) is 3.57. The molecular weight excluding hydrogens is 295 g/mol. The molecule has 1 saturated carbocycles. The van der Waals surface area contributed by atoms with Gasteiger partial charge in [-0.1, -0.05) is 6.07 Å². The first-order valence-electron chi connectivity index (χ1n) is 8.29. The van der Waals surface area contributed by atoms with Gasteiger partial charge in [-0.2, -0.15) is 0 Å². The molecule has 2 fully saturated rings. The number of likely N-dealkylation sites (tertiary alicyclic amines) is 1. The van der Waals surface area contributed by atoms with E-state index in [2.05, 4.69) is 10.2 Å². The molecule has 1 aliphatic heterocycles. The largest absolute Gasteiger partial charge is 0.391 e. The molecule has 2 atom stereocenters. The first kappa shape index (κ1) is 16.4. The highest BCUT2D eigenvalue weighted by Crippen LogP contribution is 2.39. The molecule has 0 aromatic heterocycles. The summed E-state index contributed by atoms with van der Waals surface area (Å²) >= 11 is 0. The zero-order valence-corrected chi connectivity index (χ0v) is 13.8. The summed E-state index contributed by atoms with van der Waals surface area (Å²) in [5, 5.41) is 13.1. The molecule has 0 radical (unpaired) electrons. The van der Waals surface area contributed by atoms with Crippen LogP contribution in [0.4, 0.5) is 4.39 Å². The first-order chi connectivity index (χ1) is 10.9. The molecule has 5 heteroatoms. The number of likely N-dealkylation sites (N-methyl/N-ethyl adjacent to an activating group) is 1. The highest BCUT2D eigenvalue weighted by molar-refractivity contribution is 5.77. The quantitative estimate of drug-likeness (QED) is 0.867. The van der Waals surface area contributed by atoms with Crippen LogP contribution in [0, 0.1) is 18.7 Å². The Kier molecular flexibility index (Phi) is 4.43. The standard InChI is InChI=1S/C18H25FN2O2/c1-12-7-15(19)4-3-13(12)9-18(5-6-18)20-17(23)8-14-10-21(2)11-16(14)22/h3-4,7,14,16,22H,5-6,8-11H2,1-2H3,(H,20,23)/t14-,16-/m1/s1. The van der Waals surface area contributed by atoms with Crippen molar-refractivity contribution >= 4 is 5.91 Å². The predicted molar refractivity (Wildman–Crippen MR) is 86.6 cm³/mol. The van der Waals surface area contributed by atoms with Gasteiger partial charge in [0.2, 0.25) is 5.91 Å². The second-order valence-corrected chi connectivity index (χ2v) is 7.33. The van der Waals surface area contributed by atoms with E-state index in [0.29, 0.717) is 13.0 Å². The van der Waals surface area contributed by atoms with Crippen molar-refractivity contribution in [3.05, 3.63) is 35.1 Å². The second kappa shape index (κ2) is 6.21. The molecule has 2 N–H and O–H groups in total. The molecule has 2 aliphatic rings. The third-order valence-corrected chi connectivity index (χ3v) is 5.13. The first-order valence-corrected chi connectivity index (χ1v) is 8.29. The summed E-state index contributed by atoms with van der Waals surface area (Å²) in [5.74, 6) is -0.190. The Morgan fingerprint density at radius 2 is 2.17 bits per heavy atom. The number of aryl methyl sites for hydroxylation is 1. The summed E-state index contributed by atoms with van der Waals surface area (Å²) < 4.78 is 13.2. The molecule has 4 nitrogen and oxygen atoms in total. The summed E-state index contributed by atoms with van der Waals surface area (Å²) in [6.45, 7) is 3.30. The average molecular weight is 320 g/mol. The molecule has 1 amide bonds. The van der Waals surface area contributed by atoms with Crippen LogP contribution in [0.5, 0.6) is 0 Å². The zero-order valence-electron chi connectivity index (χ0n) is 13.8. The smallest absolute Gasteiger partial charge is 0.220 e. The topological polar surface area (TPSA) is 52.6 Å². The molecule has 1 aromatic carbocycles. The Morgan fingerprint density at radius 3 is 2.74 bits per heavy atom. The van der Waals surface area contributed by atoms with E-state index in [1.54, 1.807) is 0 Å². The summed E-state index contributed by atoms with van der Waals surface area (Å²) in [5.41, 5.74) is 1.85. The predicted octanol–water partition coefficient (Wildman–Crippen LogP) is 1.64. The number of carbonyl (C=O) groups excluding carboxylic acids is 1. The van der Waals surface area contributed by atoms with Gasteiger partial charge in [-0.3, -0.25) is 4.79 Å². The minimum atomic E-state index is -0.416. The highest BCUT2D eigenvalue weighted by atomic mass is 19.1. The molecular formula is C18H25FN2O2. The number of benzene rings is 1. The number of β-amino-alcohol motifs (C(OH)–C–C–N with tert-alkyl or cyclic N) is 1. The van der Waals surface area contributed by atoms with Crippen LogP contribution < -0.4 is 5.32 Å². The Balaban J connectivity index is 1.57. The molecule has 1 aliphatic carbocycles. The van der Waals surface area contributed by atoms with Crippen LogP contribution in [0.1, 0.15) is 30.4 Å². The number of aliphatic hydroxyl groups is 1. The minimum Gasteiger partial charge on any atom is -0.391 e. The second-order valence-electron chi connectivity index (χ2n) is 7.33. The summed E-state index contributed by atoms with van der Waals surface area (Å²) in [6.07, 6.45) is 2.62. The van der Waals surface area contributed by atoms with E-state index in [0.717, 1.165) is 36.9 Å². The van der Waals surface area contributed by atoms with Crippen LogP contribution in [-0.2, 0) is 11.2 Å². The van der Waals surface area contributed by atoms with Crippen molar-refractivity contribution in [2.75, 3.05) is 20.1 Å². The van der Waals surface area contributed by atoms with E-state index in [1.807, 2.05) is 20.0 Å². The molecule has 126 valence electrons. The number of halogens is 1. The summed E-state index contributed by atoms with van der Waals surface area (Å²) in [4.78, 5) is 14.4. The van der Waals surface area contributed by atoms with Gasteiger partial charge >= 0.3 is 0 Å². The van der Waals surface area contributed by atoms with Crippen molar-refractivity contribution in [2.24, 2.45) is 5.92 Å². The fourth-order valence-electron chi connectivity index (χ4n) is 3.57. The van der Waals surface area contributed by atoms with E-state index in [9.17, 15) is 14.3 Å². The van der Waals surface area contributed by atoms with E-state index < -0.39 is 6.10 Å². The number of rotatable bonds is 5. The maximum atomic E-state index is 13.2. The molecule has 0 spiro atoms. The Hall–Kier alpha value is -1.46. The van der Waals surface area contributed by atoms with Gasteiger partial charge in [-0.05, 0) is 56.5 Å². The van der Waals surface area contributed by atoms with E-state index in [-0.39, 0.29) is 23.2 Å². The molecule has 1 heterocycles. The number of nitrogens with one attached hydrogen (secondary N) is 1. The number of carbonyl (C=O) groups is 1. The number of nitrogens with zero attached hydrogens (tertiary/aromatic N) is 1. The van der Waals surface area contributed by atoms with E-state index in [4.69, 9.17) is 0 Å². The van der Waals surface area contributed by atoms with Crippen molar-refractivity contribution in [2.45, 2.75) is 44.2 Å². The fraction of sp³-hybridized carbons (Fsp3) is 0.611. The van der Waals surface area contributed by atoms with Gasteiger partial charge in [0, 0.05) is 31.0 Å². The van der Waals surface area contributed by atoms with Gasteiger partial charge in [0.05, 0.1) is 6.10 Å². The van der Waals surface area contributed by atoms with Crippen molar-refractivity contribution in [1.29, 1.82) is 0 Å². The molecule has 1 saturated heterocycles.